The van der Waals surface area contributed by atoms with Crippen molar-refractivity contribution in [1.82, 2.24) is 0 Å². The van der Waals surface area contributed by atoms with Crippen molar-refractivity contribution in [3.63, 3.8) is 0 Å². The van der Waals surface area contributed by atoms with Gasteiger partial charge in [0.15, 0.2) is 0 Å². The third-order valence-corrected chi connectivity index (χ3v) is 9.60. The number of allylic oxidation sites excluding steroid dienone is 1. The van der Waals surface area contributed by atoms with Gasteiger partial charge in [-0.3, -0.25) is 0 Å². The van der Waals surface area contributed by atoms with E-state index in [-0.39, 0.29) is 10.6 Å². The van der Waals surface area contributed by atoms with Gasteiger partial charge < -0.3 is 13.8 Å². The Balaban J connectivity index is 2.66. The highest BCUT2D eigenvalue weighted by molar-refractivity contribution is 6.73. The first-order valence-electron chi connectivity index (χ1n) is 7.78. The molecule has 0 saturated carbocycles. The molecule has 1 unspecified atom stereocenters. The molecule has 0 fully saturated rings. The van der Waals surface area contributed by atoms with Crippen molar-refractivity contribution in [3.8, 4) is 0 Å². The third kappa shape index (κ3) is 2.43. The fraction of sp³-hybridized carbons (Fsp3) is 0.556. The van der Waals surface area contributed by atoms with E-state index in [1.54, 1.807) is 0 Å². The van der Waals surface area contributed by atoms with Crippen LogP contribution in [-0.4, -0.2) is 36.9 Å². The van der Waals surface area contributed by atoms with E-state index >= 15 is 0 Å². The van der Waals surface area contributed by atoms with Crippen molar-refractivity contribution >= 4 is 20.3 Å². The molecule has 0 saturated heterocycles. The fourth-order valence-electron chi connectivity index (χ4n) is 3.79. The van der Waals surface area contributed by atoms with Crippen molar-refractivity contribution in [2.75, 3.05) is 33.2 Å². The van der Waals surface area contributed by atoms with Gasteiger partial charge in [-0.25, -0.2) is 0 Å². The molecule has 3 nitrogen and oxygen atoms in total. The first-order valence-corrected chi connectivity index (χ1v) is 9.67. The van der Waals surface area contributed by atoms with Crippen LogP contribution < -0.4 is 4.90 Å². The summed E-state index contributed by atoms with van der Waals surface area (Å²) in [7, 11) is 5.33. The highest BCUT2D eigenvalue weighted by atomic mass is 28.4. The van der Waals surface area contributed by atoms with E-state index in [0.29, 0.717) is 0 Å². The van der Waals surface area contributed by atoms with Crippen LogP contribution in [0.15, 0.2) is 23.8 Å². The summed E-state index contributed by atoms with van der Waals surface area (Å²) < 4.78 is 12.3. The maximum absolute atomic E-state index is 6.13. The lowest BCUT2D eigenvalue weighted by molar-refractivity contribution is 0.206. The molecule has 1 aliphatic carbocycles. The monoisotopic (exact) mass is 319 g/mol. The van der Waals surface area contributed by atoms with E-state index in [1.807, 2.05) is 14.2 Å². The summed E-state index contributed by atoms with van der Waals surface area (Å²) >= 11 is 0. The van der Waals surface area contributed by atoms with Crippen molar-refractivity contribution < 1.29 is 8.85 Å². The standard InChI is InChI=1S/C18H29NO2Si/c1-13-12-15-14(10-9-11-16(15)19(5)6)17(13)22(20-7,21-8)18(2,3)4/h9-12,17H,1-8H3. The number of nitrogens with zero attached hydrogens (tertiary/aromatic N) is 1. The van der Waals surface area contributed by atoms with E-state index in [4.69, 9.17) is 8.85 Å². The number of hydrogen-bond acceptors (Lipinski definition) is 3. The first-order chi connectivity index (χ1) is 10.2. The van der Waals surface area contributed by atoms with E-state index in [1.165, 1.54) is 22.4 Å². The Morgan fingerprint density at radius 1 is 1.09 bits per heavy atom. The van der Waals surface area contributed by atoms with Crippen molar-refractivity contribution in [1.29, 1.82) is 0 Å². The molecule has 0 aliphatic heterocycles. The first kappa shape index (κ1) is 17.3. The number of hydrogen-bond donors (Lipinski definition) is 0. The molecule has 0 amide bonds. The molecule has 0 radical (unpaired) electrons. The van der Waals surface area contributed by atoms with Crippen molar-refractivity contribution in [2.45, 2.75) is 38.3 Å². The average molecular weight is 320 g/mol. The number of fused-ring (bicyclic) bond motifs is 1. The van der Waals surface area contributed by atoms with Gasteiger partial charge in [0.2, 0.25) is 0 Å². The van der Waals surface area contributed by atoms with Crippen LogP contribution in [0, 0.1) is 0 Å². The molecule has 0 spiro atoms. The number of anilines is 1. The van der Waals surface area contributed by atoms with Gasteiger partial charge in [-0.15, -0.1) is 0 Å². The fourth-order valence-corrected chi connectivity index (χ4v) is 7.87. The van der Waals surface area contributed by atoms with Crippen LogP contribution in [0.25, 0.3) is 6.08 Å². The zero-order valence-corrected chi connectivity index (χ0v) is 16.2. The Labute approximate surface area is 136 Å². The smallest absolute Gasteiger partial charge is 0.355 e. The lowest BCUT2D eigenvalue weighted by atomic mass is 10.1. The van der Waals surface area contributed by atoms with E-state index < -0.39 is 8.56 Å². The summed E-state index contributed by atoms with van der Waals surface area (Å²) in [5.41, 5.74) is 5.48. The quantitative estimate of drug-likeness (QED) is 0.771. The van der Waals surface area contributed by atoms with Gasteiger partial charge >= 0.3 is 8.56 Å². The van der Waals surface area contributed by atoms with Gasteiger partial charge in [0.05, 0.1) is 0 Å². The van der Waals surface area contributed by atoms with Crippen LogP contribution in [0.2, 0.25) is 5.04 Å². The molecular weight excluding hydrogens is 290 g/mol. The minimum absolute atomic E-state index is 0.0218. The molecule has 1 aliphatic rings. The highest BCUT2D eigenvalue weighted by Gasteiger charge is 2.57. The van der Waals surface area contributed by atoms with E-state index in [9.17, 15) is 0 Å². The van der Waals surface area contributed by atoms with Crippen LogP contribution in [0.4, 0.5) is 5.69 Å². The zero-order valence-electron chi connectivity index (χ0n) is 15.2. The van der Waals surface area contributed by atoms with Gasteiger partial charge in [-0.05, 0) is 18.6 Å². The van der Waals surface area contributed by atoms with Crippen LogP contribution >= 0.6 is 0 Å². The molecule has 0 heterocycles. The summed E-state index contributed by atoms with van der Waals surface area (Å²) in [6.45, 7) is 8.89. The number of rotatable bonds is 4. The van der Waals surface area contributed by atoms with Crippen molar-refractivity contribution in [2.24, 2.45) is 0 Å². The highest BCUT2D eigenvalue weighted by Crippen LogP contribution is 2.53. The van der Waals surface area contributed by atoms with Gasteiger partial charge in [0, 0.05) is 50.1 Å². The molecule has 4 heteroatoms. The molecule has 2 rings (SSSR count). The summed E-state index contributed by atoms with van der Waals surface area (Å²) in [5, 5.41) is -0.0218. The second-order valence-corrected chi connectivity index (χ2v) is 11.6. The predicted octanol–water partition coefficient (Wildman–Crippen LogP) is 4.33. The molecular formula is C18H29NO2Si. The average Bonchev–Trinajstić information content (AvgIpc) is 2.76. The van der Waals surface area contributed by atoms with Gasteiger partial charge in [-0.1, -0.05) is 44.6 Å². The van der Waals surface area contributed by atoms with Crippen LogP contribution in [-0.2, 0) is 8.85 Å². The molecule has 1 aromatic rings. The molecule has 0 bridgehead atoms. The normalized spacial score (nSPS) is 18.2. The maximum atomic E-state index is 6.13. The lowest BCUT2D eigenvalue weighted by Crippen LogP contribution is -2.54. The molecule has 1 atom stereocenters. The Bertz CT molecular complexity index is 583. The molecule has 0 aromatic heterocycles. The van der Waals surface area contributed by atoms with Crippen LogP contribution in [0.1, 0.15) is 44.4 Å². The predicted molar refractivity (Wildman–Crippen MR) is 96.6 cm³/mol. The zero-order chi connectivity index (χ0) is 16.7. The Morgan fingerprint density at radius 3 is 2.14 bits per heavy atom. The minimum atomic E-state index is -2.47. The second-order valence-electron chi connectivity index (χ2n) is 7.32. The topological polar surface area (TPSA) is 21.7 Å². The summed E-state index contributed by atoms with van der Waals surface area (Å²) in [5.74, 6) is 0. The molecule has 1 aromatic carbocycles. The molecule has 22 heavy (non-hydrogen) atoms. The lowest BCUT2D eigenvalue weighted by Gasteiger charge is -2.44. The largest absolute Gasteiger partial charge is 0.397 e. The van der Waals surface area contributed by atoms with Crippen molar-refractivity contribution in [3.05, 3.63) is 34.9 Å². The minimum Gasteiger partial charge on any atom is -0.397 e. The Hall–Kier alpha value is -1.10. The van der Waals surface area contributed by atoms with Gasteiger partial charge in [0.25, 0.3) is 0 Å². The summed E-state index contributed by atoms with van der Waals surface area (Å²) in [6, 6.07) is 6.54. The summed E-state index contributed by atoms with van der Waals surface area (Å²) in [6.07, 6.45) is 2.31. The Kier molecular flexibility index (Phi) is 4.58. The second kappa shape index (κ2) is 5.83. The van der Waals surface area contributed by atoms with Crippen LogP contribution in [0.5, 0.6) is 0 Å². The number of benzene rings is 1. The molecule has 122 valence electrons. The van der Waals surface area contributed by atoms with E-state index in [0.717, 1.165) is 0 Å². The third-order valence-electron chi connectivity index (χ3n) is 4.77. The molecule has 0 N–H and O–H groups in total. The Morgan fingerprint density at radius 2 is 1.68 bits per heavy atom. The van der Waals surface area contributed by atoms with Gasteiger partial charge in [-0.2, -0.15) is 0 Å². The summed E-state index contributed by atoms with van der Waals surface area (Å²) in [4.78, 5) is 2.17. The maximum Gasteiger partial charge on any atom is 0.355 e. The van der Waals surface area contributed by atoms with Gasteiger partial charge in [0.1, 0.15) is 0 Å². The SMILES string of the molecule is CO[Si](OC)(C1C(C)=Cc2c1cccc2N(C)C)C(C)(C)C. The van der Waals surface area contributed by atoms with E-state index in [2.05, 4.69) is 71.0 Å². The van der Waals surface area contributed by atoms with Crippen LogP contribution in [0.3, 0.4) is 0 Å².